The first-order valence-electron chi connectivity index (χ1n) is 6.09. The first-order valence-corrected chi connectivity index (χ1v) is 6.09. The fraction of sp³-hybridized carbons (Fsp3) is 0.133. The van der Waals surface area contributed by atoms with Gasteiger partial charge in [0.05, 0.1) is 5.69 Å². The highest BCUT2D eigenvalue weighted by Crippen LogP contribution is 2.22. The predicted molar refractivity (Wildman–Crippen MR) is 76.1 cm³/mol. The summed E-state index contributed by atoms with van der Waals surface area (Å²) in [6.45, 7) is 1.72. The maximum atomic E-state index is 13.0. The fourth-order valence-corrected chi connectivity index (χ4v) is 1.71. The van der Waals surface area contributed by atoms with Gasteiger partial charge < -0.3 is 15.8 Å². The van der Waals surface area contributed by atoms with Crippen LogP contribution in [0.5, 0.6) is 5.75 Å². The van der Waals surface area contributed by atoms with Crippen LogP contribution < -0.4 is 15.8 Å². The largest absolute Gasteiger partial charge is 0.482 e. The molecular weight excluding hydrogens is 259 g/mol. The van der Waals surface area contributed by atoms with Crippen molar-refractivity contribution in [3.05, 3.63) is 53.8 Å². The molecule has 0 heterocycles. The molecule has 20 heavy (non-hydrogen) atoms. The van der Waals surface area contributed by atoms with E-state index in [1.54, 1.807) is 18.2 Å². The van der Waals surface area contributed by atoms with Gasteiger partial charge in [-0.15, -0.1) is 0 Å². The van der Waals surface area contributed by atoms with Gasteiger partial charge in [-0.1, -0.05) is 12.1 Å². The molecule has 0 aromatic heterocycles. The van der Waals surface area contributed by atoms with Crippen molar-refractivity contribution >= 4 is 17.3 Å². The molecule has 5 heteroatoms. The Kier molecular flexibility index (Phi) is 4.20. The van der Waals surface area contributed by atoms with Gasteiger partial charge in [0.2, 0.25) is 0 Å². The first-order chi connectivity index (χ1) is 9.54. The Morgan fingerprint density at radius 3 is 2.80 bits per heavy atom. The molecule has 0 fully saturated rings. The summed E-state index contributed by atoms with van der Waals surface area (Å²) in [5.41, 5.74) is 7.65. The number of halogens is 1. The average molecular weight is 274 g/mol. The minimum atomic E-state index is -0.411. The maximum absolute atomic E-state index is 13.0. The highest BCUT2D eigenvalue weighted by atomic mass is 19.1. The molecule has 2 aromatic carbocycles. The lowest BCUT2D eigenvalue weighted by Crippen LogP contribution is -2.20. The van der Waals surface area contributed by atoms with Gasteiger partial charge in [0.25, 0.3) is 5.91 Å². The van der Waals surface area contributed by atoms with E-state index in [1.807, 2.05) is 13.0 Å². The molecule has 1 amide bonds. The summed E-state index contributed by atoms with van der Waals surface area (Å²) < 4.78 is 18.3. The number of nitrogens with two attached hydrogens (primary N) is 1. The van der Waals surface area contributed by atoms with Crippen molar-refractivity contribution in [2.24, 2.45) is 0 Å². The van der Waals surface area contributed by atoms with Crippen molar-refractivity contribution in [2.45, 2.75) is 6.92 Å². The zero-order valence-electron chi connectivity index (χ0n) is 11.0. The number of amides is 1. The van der Waals surface area contributed by atoms with Gasteiger partial charge in [0.15, 0.2) is 6.61 Å². The maximum Gasteiger partial charge on any atom is 0.262 e. The van der Waals surface area contributed by atoms with Gasteiger partial charge in [-0.05, 0) is 42.8 Å². The lowest BCUT2D eigenvalue weighted by atomic mass is 10.2. The number of hydrogen-bond acceptors (Lipinski definition) is 3. The summed E-state index contributed by atoms with van der Waals surface area (Å²) >= 11 is 0. The second-order valence-electron chi connectivity index (χ2n) is 4.39. The van der Waals surface area contributed by atoms with Gasteiger partial charge in [-0.3, -0.25) is 4.79 Å². The van der Waals surface area contributed by atoms with Crippen molar-refractivity contribution < 1.29 is 13.9 Å². The van der Waals surface area contributed by atoms with E-state index >= 15 is 0 Å². The minimum absolute atomic E-state index is 0.191. The van der Waals surface area contributed by atoms with E-state index in [4.69, 9.17) is 10.5 Å². The summed E-state index contributed by atoms with van der Waals surface area (Å²) in [5.74, 6) is -0.341. The molecule has 0 saturated carbocycles. The highest BCUT2D eigenvalue weighted by Gasteiger charge is 2.06. The van der Waals surface area contributed by atoms with Crippen LogP contribution in [-0.4, -0.2) is 12.5 Å². The third kappa shape index (κ3) is 3.71. The van der Waals surface area contributed by atoms with Crippen molar-refractivity contribution in [3.63, 3.8) is 0 Å². The van der Waals surface area contributed by atoms with E-state index in [-0.39, 0.29) is 12.5 Å². The predicted octanol–water partition coefficient (Wildman–Crippen LogP) is 2.73. The number of ether oxygens (including phenoxy) is 1. The van der Waals surface area contributed by atoms with Crippen molar-refractivity contribution in [2.75, 3.05) is 17.7 Å². The lowest BCUT2D eigenvalue weighted by Gasteiger charge is -2.10. The standard InChI is InChI=1S/C15H15FN2O2/c1-10-5-6-14(13(17)7-10)20-9-15(19)18-12-4-2-3-11(16)8-12/h2-8H,9,17H2,1H3,(H,18,19). The third-order valence-corrected chi connectivity index (χ3v) is 2.63. The van der Waals surface area contributed by atoms with Gasteiger partial charge in [-0.25, -0.2) is 4.39 Å². The first kappa shape index (κ1) is 13.9. The zero-order chi connectivity index (χ0) is 14.5. The van der Waals surface area contributed by atoms with Crippen LogP contribution in [0.25, 0.3) is 0 Å². The summed E-state index contributed by atoms with van der Waals surface area (Å²) in [6.07, 6.45) is 0. The second-order valence-corrected chi connectivity index (χ2v) is 4.39. The molecule has 3 N–H and O–H groups in total. The van der Waals surface area contributed by atoms with Gasteiger partial charge in [0, 0.05) is 5.69 Å². The van der Waals surface area contributed by atoms with Crippen molar-refractivity contribution in [1.29, 1.82) is 0 Å². The van der Waals surface area contributed by atoms with E-state index < -0.39 is 5.82 Å². The summed E-state index contributed by atoms with van der Waals surface area (Å²) in [7, 11) is 0. The van der Waals surface area contributed by atoms with E-state index in [0.29, 0.717) is 17.1 Å². The summed E-state index contributed by atoms with van der Waals surface area (Å²) in [6, 6.07) is 11.0. The Hall–Kier alpha value is -2.56. The van der Waals surface area contributed by atoms with E-state index in [9.17, 15) is 9.18 Å². The van der Waals surface area contributed by atoms with Crippen LogP contribution in [0, 0.1) is 12.7 Å². The topological polar surface area (TPSA) is 64.3 Å². The number of benzene rings is 2. The number of hydrogen-bond donors (Lipinski definition) is 2. The smallest absolute Gasteiger partial charge is 0.262 e. The molecule has 0 unspecified atom stereocenters. The molecule has 0 radical (unpaired) electrons. The van der Waals surface area contributed by atoms with Crippen LogP contribution in [0.15, 0.2) is 42.5 Å². The molecule has 0 saturated heterocycles. The van der Waals surface area contributed by atoms with Gasteiger partial charge in [0.1, 0.15) is 11.6 Å². The number of aryl methyl sites for hydroxylation is 1. The number of carbonyl (C=O) groups is 1. The normalized spacial score (nSPS) is 10.1. The molecule has 104 valence electrons. The Bertz CT molecular complexity index is 629. The molecule has 0 atom stereocenters. The molecule has 0 aliphatic carbocycles. The minimum Gasteiger partial charge on any atom is -0.482 e. The summed E-state index contributed by atoms with van der Waals surface area (Å²) in [4.78, 5) is 11.7. The number of carbonyl (C=O) groups excluding carboxylic acids is 1. The Morgan fingerprint density at radius 2 is 2.10 bits per heavy atom. The zero-order valence-corrected chi connectivity index (χ0v) is 11.0. The van der Waals surface area contributed by atoms with E-state index in [1.165, 1.54) is 18.2 Å². The molecule has 0 bridgehead atoms. The summed E-state index contributed by atoms with van der Waals surface area (Å²) in [5, 5.41) is 2.54. The second kappa shape index (κ2) is 6.06. The Labute approximate surface area is 116 Å². The quantitative estimate of drug-likeness (QED) is 0.842. The number of nitrogens with one attached hydrogen (secondary N) is 1. The average Bonchev–Trinajstić information content (AvgIpc) is 2.37. The number of rotatable bonds is 4. The lowest BCUT2D eigenvalue weighted by molar-refractivity contribution is -0.118. The third-order valence-electron chi connectivity index (χ3n) is 2.63. The Morgan fingerprint density at radius 1 is 1.30 bits per heavy atom. The molecule has 0 aliphatic heterocycles. The van der Waals surface area contributed by atoms with E-state index in [0.717, 1.165) is 5.56 Å². The van der Waals surface area contributed by atoms with E-state index in [2.05, 4.69) is 5.32 Å². The molecule has 4 nitrogen and oxygen atoms in total. The molecule has 0 spiro atoms. The molecule has 2 rings (SSSR count). The van der Waals surface area contributed by atoms with Crippen LogP contribution >= 0.6 is 0 Å². The molecule has 0 aliphatic rings. The van der Waals surface area contributed by atoms with Crippen molar-refractivity contribution in [3.8, 4) is 5.75 Å². The van der Waals surface area contributed by atoms with Crippen molar-refractivity contribution in [1.82, 2.24) is 0 Å². The number of anilines is 2. The van der Waals surface area contributed by atoms with Crippen LogP contribution in [0.3, 0.4) is 0 Å². The molecule has 2 aromatic rings. The monoisotopic (exact) mass is 274 g/mol. The van der Waals surface area contributed by atoms with Crippen LogP contribution in [-0.2, 0) is 4.79 Å². The highest BCUT2D eigenvalue weighted by molar-refractivity contribution is 5.91. The van der Waals surface area contributed by atoms with Crippen LogP contribution in [0.4, 0.5) is 15.8 Å². The number of nitrogen functional groups attached to an aromatic ring is 1. The van der Waals surface area contributed by atoms with Gasteiger partial charge in [-0.2, -0.15) is 0 Å². The van der Waals surface area contributed by atoms with Gasteiger partial charge >= 0.3 is 0 Å². The molecular formula is C15H15FN2O2. The SMILES string of the molecule is Cc1ccc(OCC(=O)Nc2cccc(F)c2)c(N)c1. The Balaban J connectivity index is 1.92. The van der Waals surface area contributed by atoms with Crippen LogP contribution in [0.1, 0.15) is 5.56 Å². The van der Waals surface area contributed by atoms with Crippen LogP contribution in [0.2, 0.25) is 0 Å². The fourth-order valence-electron chi connectivity index (χ4n) is 1.71.